The second kappa shape index (κ2) is 7.04. The molecule has 0 aliphatic rings. The van der Waals surface area contributed by atoms with E-state index in [9.17, 15) is 14.3 Å². The Morgan fingerprint density at radius 1 is 1.36 bits per heavy atom. The summed E-state index contributed by atoms with van der Waals surface area (Å²) in [5.41, 5.74) is 1.43. The minimum absolute atomic E-state index is 0.0389. The molecule has 2 atom stereocenters. The summed E-state index contributed by atoms with van der Waals surface area (Å²) in [5.74, 6) is -0.369. The van der Waals surface area contributed by atoms with Gasteiger partial charge in [-0.05, 0) is 24.6 Å². The Bertz CT molecular complexity index is 627. The zero-order chi connectivity index (χ0) is 16.1. The van der Waals surface area contributed by atoms with E-state index in [2.05, 4.69) is 15.7 Å². The topological polar surface area (TPSA) is 79.2 Å². The molecule has 0 saturated carbocycles. The van der Waals surface area contributed by atoms with Gasteiger partial charge < -0.3 is 15.7 Å². The fourth-order valence-corrected chi connectivity index (χ4v) is 1.99. The predicted octanol–water partition coefficient (Wildman–Crippen LogP) is 1.65. The number of hydrogen-bond donors (Lipinski definition) is 3. The van der Waals surface area contributed by atoms with E-state index in [1.54, 1.807) is 17.9 Å². The summed E-state index contributed by atoms with van der Waals surface area (Å²) >= 11 is 0. The summed E-state index contributed by atoms with van der Waals surface area (Å²) in [6, 6.07) is 4.91. The molecule has 2 unspecified atom stereocenters. The Kier molecular flexibility index (Phi) is 5.11. The molecule has 1 heterocycles. The highest BCUT2D eigenvalue weighted by molar-refractivity contribution is 5.74. The van der Waals surface area contributed by atoms with Crippen molar-refractivity contribution < 1.29 is 14.3 Å². The minimum Gasteiger partial charge on any atom is -0.387 e. The molecule has 22 heavy (non-hydrogen) atoms. The highest BCUT2D eigenvalue weighted by atomic mass is 19.1. The molecule has 2 aromatic rings. The van der Waals surface area contributed by atoms with E-state index in [1.807, 2.05) is 13.1 Å². The summed E-state index contributed by atoms with van der Waals surface area (Å²) in [7, 11) is 1.80. The molecule has 0 aliphatic carbocycles. The molecule has 3 N–H and O–H groups in total. The molecule has 2 amide bonds. The largest absolute Gasteiger partial charge is 0.387 e. The Morgan fingerprint density at radius 3 is 2.64 bits per heavy atom. The molecule has 0 spiro atoms. The maximum Gasteiger partial charge on any atom is 0.315 e. The monoisotopic (exact) mass is 306 g/mol. The van der Waals surface area contributed by atoms with Crippen LogP contribution in [0.3, 0.4) is 0 Å². The third-order valence-corrected chi connectivity index (χ3v) is 3.28. The van der Waals surface area contributed by atoms with Crippen LogP contribution >= 0.6 is 0 Å². The molecule has 118 valence electrons. The van der Waals surface area contributed by atoms with E-state index >= 15 is 0 Å². The maximum absolute atomic E-state index is 12.8. The summed E-state index contributed by atoms with van der Waals surface area (Å²) < 4.78 is 14.5. The number of aromatic nitrogens is 2. The molecule has 6 nitrogen and oxygen atoms in total. The predicted molar refractivity (Wildman–Crippen MR) is 79.5 cm³/mol. The normalized spacial score (nSPS) is 13.5. The Hall–Kier alpha value is -2.41. The molecule has 0 aliphatic heterocycles. The third-order valence-electron chi connectivity index (χ3n) is 3.28. The highest BCUT2D eigenvalue weighted by Crippen LogP contribution is 2.13. The van der Waals surface area contributed by atoms with Crippen molar-refractivity contribution in [1.29, 1.82) is 0 Å². The van der Waals surface area contributed by atoms with Crippen LogP contribution in [0.1, 0.15) is 30.2 Å². The number of aliphatic hydroxyl groups excluding tert-OH is 1. The second-order valence-electron chi connectivity index (χ2n) is 5.09. The number of benzene rings is 1. The lowest BCUT2D eigenvalue weighted by Gasteiger charge is -2.15. The van der Waals surface area contributed by atoms with E-state index < -0.39 is 12.1 Å². The first-order valence-electron chi connectivity index (χ1n) is 6.92. The fraction of sp³-hybridized carbons (Fsp3) is 0.333. The average Bonchev–Trinajstić information content (AvgIpc) is 2.92. The van der Waals surface area contributed by atoms with E-state index in [0.29, 0.717) is 5.56 Å². The molecule has 1 aromatic heterocycles. The molecular weight excluding hydrogens is 287 g/mol. The number of nitrogens with one attached hydrogen (secondary N) is 2. The number of amides is 2. The van der Waals surface area contributed by atoms with Crippen molar-refractivity contribution >= 4 is 6.03 Å². The summed E-state index contributed by atoms with van der Waals surface area (Å²) in [5, 5.41) is 19.3. The van der Waals surface area contributed by atoms with Gasteiger partial charge in [-0.15, -0.1) is 0 Å². The summed E-state index contributed by atoms with van der Waals surface area (Å²) in [4.78, 5) is 11.8. The lowest BCUT2D eigenvalue weighted by atomic mass is 10.1. The van der Waals surface area contributed by atoms with Gasteiger partial charge in [-0.1, -0.05) is 12.1 Å². The van der Waals surface area contributed by atoms with Gasteiger partial charge in [-0.25, -0.2) is 9.18 Å². The van der Waals surface area contributed by atoms with Gasteiger partial charge in [-0.2, -0.15) is 5.10 Å². The van der Waals surface area contributed by atoms with Crippen molar-refractivity contribution in [3.05, 3.63) is 53.6 Å². The van der Waals surface area contributed by atoms with Crippen LogP contribution in [0.2, 0.25) is 0 Å². The number of rotatable bonds is 5. The van der Waals surface area contributed by atoms with Crippen LogP contribution in [0.15, 0.2) is 36.7 Å². The van der Waals surface area contributed by atoms with E-state index in [0.717, 1.165) is 5.56 Å². The average molecular weight is 306 g/mol. The lowest BCUT2D eigenvalue weighted by molar-refractivity contribution is 0.172. The van der Waals surface area contributed by atoms with Gasteiger partial charge in [0.1, 0.15) is 5.82 Å². The first-order valence-corrected chi connectivity index (χ1v) is 6.92. The third kappa shape index (κ3) is 4.29. The Balaban J connectivity index is 1.81. The molecule has 1 aromatic carbocycles. The molecule has 7 heteroatoms. The van der Waals surface area contributed by atoms with Crippen LogP contribution in [0.5, 0.6) is 0 Å². The van der Waals surface area contributed by atoms with Crippen LogP contribution in [0.4, 0.5) is 9.18 Å². The van der Waals surface area contributed by atoms with Crippen molar-refractivity contribution in [3.63, 3.8) is 0 Å². The number of nitrogens with zero attached hydrogens (tertiary/aromatic N) is 2. The molecule has 0 fully saturated rings. The molecular formula is C15H19FN4O2. The standard InChI is InChI=1S/C15H19FN4O2/c1-10(12-7-18-20(2)9-12)19-15(22)17-8-14(21)11-3-5-13(16)6-4-11/h3-7,9-10,14,21H,8H2,1-2H3,(H2,17,19,22). The van der Waals surface area contributed by atoms with Crippen molar-refractivity contribution in [2.45, 2.75) is 19.1 Å². The zero-order valence-corrected chi connectivity index (χ0v) is 12.5. The highest BCUT2D eigenvalue weighted by Gasteiger charge is 2.13. The molecule has 0 saturated heterocycles. The van der Waals surface area contributed by atoms with Gasteiger partial charge in [0.15, 0.2) is 0 Å². The van der Waals surface area contributed by atoms with Crippen molar-refractivity contribution in [3.8, 4) is 0 Å². The first-order chi connectivity index (χ1) is 10.5. The molecule has 2 rings (SSSR count). The smallest absolute Gasteiger partial charge is 0.315 e. The van der Waals surface area contributed by atoms with Gasteiger partial charge in [0, 0.05) is 25.4 Å². The van der Waals surface area contributed by atoms with E-state index in [1.165, 1.54) is 24.3 Å². The summed E-state index contributed by atoms with van der Waals surface area (Å²) in [6.07, 6.45) is 2.61. The van der Waals surface area contributed by atoms with E-state index in [-0.39, 0.29) is 18.4 Å². The van der Waals surface area contributed by atoms with Crippen molar-refractivity contribution in [2.24, 2.45) is 7.05 Å². The summed E-state index contributed by atoms with van der Waals surface area (Å²) in [6.45, 7) is 1.88. The van der Waals surface area contributed by atoms with Gasteiger partial charge in [0.2, 0.25) is 0 Å². The van der Waals surface area contributed by atoms with Crippen LogP contribution in [0.25, 0.3) is 0 Å². The number of urea groups is 1. The van der Waals surface area contributed by atoms with Gasteiger partial charge in [0.05, 0.1) is 18.3 Å². The number of aliphatic hydroxyl groups is 1. The molecule has 0 radical (unpaired) electrons. The SMILES string of the molecule is CC(NC(=O)NCC(O)c1ccc(F)cc1)c1cnn(C)c1. The van der Waals surface area contributed by atoms with Crippen molar-refractivity contribution in [1.82, 2.24) is 20.4 Å². The van der Waals surface area contributed by atoms with Crippen molar-refractivity contribution in [2.75, 3.05) is 6.54 Å². The number of hydrogen-bond acceptors (Lipinski definition) is 3. The second-order valence-corrected chi connectivity index (χ2v) is 5.09. The zero-order valence-electron chi connectivity index (χ0n) is 12.5. The Morgan fingerprint density at radius 2 is 2.05 bits per heavy atom. The number of carbonyl (C=O) groups is 1. The van der Waals surface area contributed by atoms with Crippen LogP contribution in [0, 0.1) is 5.82 Å². The number of aryl methyl sites for hydroxylation is 1. The first kappa shape index (κ1) is 16.0. The fourth-order valence-electron chi connectivity index (χ4n) is 1.99. The minimum atomic E-state index is -0.889. The number of halogens is 1. The molecule has 0 bridgehead atoms. The van der Waals surface area contributed by atoms with Crippen LogP contribution in [-0.4, -0.2) is 27.5 Å². The van der Waals surface area contributed by atoms with Gasteiger partial charge in [0.25, 0.3) is 0 Å². The van der Waals surface area contributed by atoms with Crippen LogP contribution in [-0.2, 0) is 7.05 Å². The van der Waals surface area contributed by atoms with Gasteiger partial charge in [-0.3, -0.25) is 4.68 Å². The van der Waals surface area contributed by atoms with E-state index in [4.69, 9.17) is 0 Å². The lowest BCUT2D eigenvalue weighted by Crippen LogP contribution is -2.39. The maximum atomic E-state index is 12.8. The van der Waals surface area contributed by atoms with Gasteiger partial charge >= 0.3 is 6.03 Å². The number of carbonyl (C=O) groups excluding carboxylic acids is 1. The quantitative estimate of drug-likeness (QED) is 0.786. The van der Waals surface area contributed by atoms with Crippen LogP contribution < -0.4 is 10.6 Å². The Labute approximate surface area is 128 Å².